The number of hydrogen-bond acceptors (Lipinski definition) is 6. The van der Waals surface area contributed by atoms with Crippen LogP contribution in [0.25, 0.3) is 0 Å². The van der Waals surface area contributed by atoms with E-state index in [1.807, 2.05) is 30.2 Å². The van der Waals surface area contributed by atoms with E-state index in [0.29, 0.717) is 23.8 Å². The van der Waals surface area contributed by atoms with Crippen LogP contribution in [-0.4, -0.2) is 65.0 Å². The zero-order valence-electron chi connectivity index (χ0n) is 25.2. The molecule has 222 valence electrons. The van der Waals surface area contributed by atoms with Crippen LogP contribution in [0.2, 0.25) is 0 Å². The molecule has 0 atom stereocenters. The van der Waals surface area contributed by atoms with E-state index >= 15 is 0 Å². The number of benzene rings is 1. The third kappa shape index (κ3) is 12.1. The van der Waals surface area contributed by atoms with Crippen LogP contribution in [0.4, 0.5) is 5.69 Å². The van der Waals surface area contributed by atoms with Gasteiger partial charge in [0.2, 0.25) is 0 Å². The number of amides is 1. The molecule has 1 heterocycles. The average Bonchev–Trinajstić information content (AvgIpc) is 3.43. The second-order valence-corrected chi connectivity index (χ2v) is 13.1. The smallest absolute Gasteiger partial charge is 0.253 e. The SMILES string of the molecule is C1CCNC1.CNC1=CC(C(=O)N(CCC(C)C)CCC(C)C)=CCC=C1N=CNc1ccc(S(C)(=O)=O)cc1. The molecule has 1 saturated heterocycles. The van der Waals surface area contributed by atoms with Crippen LogP contribution < -0.4 is 16.0 Å². The number of nitrogens with one attached hydrogen (secondary N) is 3. The Morgan fingerprint density at radius 3 is 2.10 bits per heavy atom. The zero-order valence-corrected chi connectivity index (χ0v) is 26.0. The van der Waals surface area contributed by atoms with Crippen molar-refractivity contribution >= 4 is 27.8 Å². The molecule has 3 N–H and O–H groups in total. The molecule has 0 radical (unpaired) electrons. The van der Waals surface area contributed by atoms with E-state index in [-0.39, 0.29) is 10.8 Å². The fourth-order valence-electron chi connectivity index (χ4n) is 4.09. The summed E-state index contributed by atoms with van der Waals surface area (Å²) in [5.41, 5.74) is 2.89. The molecular formula is C31H49N5O3S. The molecule has 1 amide bonds. The van der Waals surface area contributed by atoms with Gasteiger partial charge >= 0.3 is 0 Å². The minimum absolute atomic E-state index is 0.0572. The predicted octanol–water partition coefficient (Wildman–Crippen LogP) is 5.14. The van der Waals surface area contributed by atoms with Gasteiger partial charge in [-0.2, -0.15) is 0 Å². The van der Waals surface area contributed by atoms with Gasteiger partial charge in [0.15, 0.2) is 9.84 Å². The Bertz CT molecular complexity index is 1140. The maximum Gasteiger partial charge on any atom is 0.253 e. The molecule has 9 heteroatoms. The molecule has 8 nitrogen and oxygen atoms in total. The molecule has 0 spiro atoms. The minimum Gasteiger partial charge on any atom is -0.386 e. The second-order valence-electron chi connectivity index (χ2n) is 11.1. The fraction of sp³-hybridized carbons (Fsp3) is 0.548. The highest BCUT2D eigenvalue weighted by atomic mass is 32.2. The molecule has 0 saturated carbocycles. The van der Waals surface area contributed by atoms with Crippen molar-refractivity contribution < 1.29 is 13.2 Å². The second kappa shape index (κ2) is 17.0. The van der Waals surface area contributed by atoms with Crippen LogP contribution in [0.3, 0.4) is 0 Å². The van der Waals surface area contributed by atoms with Gasteiger partial charge in [-0.15, -0.1) is 0 Å². The van der Waals surface area contributed by atoms with Crippen molar-refractivity contribution in [3.63, 3.8) is 0 Å². The highest BCUT2D eigenvalue weighted by Crippen LogP contribution is 2.20. The number of carbonyl (C=O) groups is 1. The Morgan fingerprint density at radius 1 is 1.02 bits per heavy atom. The van der Waals surface area contributed by atoms with Crippen molar-refractivity contribution in [1.82, 2.24) is 15.5 Å². The monoisotopic (exact) mass is 571 g/mol. The summed E-state index contributed by atoms with van der Waals surface area (Å²) < 4.78 is 23.2. The Hall–Kier alpha value is -2.91. The highest BCUT2D eigenvalue weighted by Gasteiger charge is 2.19. The van der Waals surface area contributed by atoms with Gasteiger partial charge in [0.05, 0.1) is 22.6 Å². The number of likely N-dealkylation sites (N-methyl/N-ethyl adjacent to an activating group) is 1. The van der Waals surface area contributed by atoms with Crippen LogP contribution in [-0.2, 0) is 14.6 Å². The lowest BCUT2D eigenvalue weighted by Crippen LogP contribution is -2.35. The third-order valence-corrected chi connectivity index (χ3v) is 7.78. The number of hydrogen-bond donors (Lipinski definition) is 3. The van der Waals surface area contributed by atoms with Crippen molar-refractivity contribution in [2.75, 3.05) is 44.8 Å². The molecule has 40 heavy (non-hydrogen) atoms. The average molecular weight is 572 g/mol. The number of rotatable bonds is 12. The lowest BCUT2D eigenvalue weighted by Gasteiger charge is -2.25. The van der Waals surface area contributed by atoms with E-state index in [9.17, 15) is 13.2 Å². The molecule has 1 aromatic rings. The number of nitrogens with zero attached hydrogens (tertiary/aromatic N) is 2. The number of sulfone groups is 1. The standard InChI is InChI=1S/C27H40N4O3S.C4H9N/c1-20(2)14-16-31(17-15-21(3)4)27(32)22-8-7-9-25(26(18-22)28-5)30-19-29-23-10-12-24(13-11-23)35(6,33)34;1-2-4-5-3-1/h8-13,18-21,28H,7,14-17H2,1-6H3,(H,29,30);5H,1-4H2. The lowest BCUT2D eigenvalue weighted by molar-refractivity contribution is -0.127. The normalized spacial score (nSPS) is 15.7. The summed E-state index contributed by atoms with van der Waals surface area (Å²) in [5.74, 6) is 1.13. The van der Waals surface area contributed by atoms with Gasteiger partial charge in [-0.05, 0) is 87.4 Å². The van der Waals surface area contributed by atoms with Crippen LogP contribution in [0.1, 0.15) is 59.8 Å². The molecule has 3 rings (SSSR count). The van der Waals surface area contributed by atoms with E-state index in [1.165, 1.54) is 32.2 Å². The van der Waals surface area contributed by atoms with Crippen LogP contribution >= 0.6 is 0 Å². The predicted molar refractivity (Wildman–Crippen MR) is 167 cm³/mol. The molecule has 1 aliphatic heterocycles. The fourth-order valence-corrected chi connectivity index (χ4v) is 4.72. The van der Waals surface area contributed by atoms with Gasteiger partial charge < -0.3 is 20.9 Å². The molecule has 0 bridgehead atoms. The summed E-state index contributed by atoms with van der Waals surface area (Å²) in [7, 11) is -1.42. The molecule has 0 unspecified atom stereocenters. The van der Waals surface area contributed by atoms with Gasteiger partial charge in [0, 0.05) is 37.7 Å². The van der Waals surface area contributed by atoms with Gasteiger partial charge in [-0.25, -0.2) is 13.4 Å². The molecule has 1 fully saturated rings. The first kappa shape index (κ1) is 33.3. The summed E-state index contributed by atoms with van der Waals surface area (Å²) in [6.07, 6.45) is 13.9. The van der Waals surface area contributed by atoms with Gasteiger partial charge in [-0.3, -0.25) is 4.79 Å². The highest BCUT2D eigenvalue weighted by molar-refractivity contribution is 7.90. The summed E-state index contributed by atoms with van der Waals surface area (Å²) in [5, 5.41) is 9.45. The largest absolute Gasteiger partial charge is 0.386 e. The van der Waals surface area contributed by atoms with E-state index in [4.69, 9.17) is 0 Å². The van der Waals surface area contributed by atoms with Gasteiger partial charge in [0.25, 0.3) is 5.91 Å². The Balaban J connectivity index is 0.00000100. The first-order chi connectivity index (χ1) is 19.0. The molecule has 1 aliphatic carbocycles. The first-order valence-electron chi connectivity index (χ1n) is 14.4. The minimum atomic E-state index is -3.23. The molecule has 2 aliphatic rings. The van der Waals surface area contributed by atoms with Crippen molar-refractivity contribution in [2.45, 2.75) is 64.7 Å². The van der Waals surface area contributed by atoms with E-state index in [0.717, 1.165) is 43.0 Å². The van der Waals surface area contributed by atoms with Gasteiger partial charge in [-0.1, -0.05) is 39.8 Å². The van der Waals surface area contributed by atoms with Crippen molar-refractivity contribution in [1.29, 1.82) is 0 Å². The summed E-state index contributed by atoms with van der Waals surface area (Å²) >= 11 is 0. The van der Waals surface area contributed by atoms with Crippen LogP contribution in [0, 0.1) is 11.8 Å². The van der Waals surface area contributed by atoms with E-state index < -0.39 is 9.84 Å². The molecule has 0 aromatic heterocycles. The lowest BCUT2D eigenvalue weighted by atomic mass is 10.1. The maximum absolute atomic E-state index is 13.4. The Morgan fingerprint density at radius 2 is 1.62 bits per heavy atom. The summed E-state index contributed by atoms with van der Waals surface area (Å²) in [6.45, 7) is 12.7. The summed E-state index contributed by atoms with van der Waals surface area (Å²) in [4.78, 5) is 20.2. The zero-order chi connectivity index (χ0) is 29.5. The first-order valence-corrected chi connectivity index (χ1v) is 16.3. The number of allylic oxidation sites excluding steroid dienone is 2. The quantitative estimate of drug-likeness (QED) is 0.237. The summed E-state index contributed by atoms with van der Waals surface area (Å²) in [6, 6.07) is 6.50. The maximum atomic E-state index is 13.4. The molecular weight excluding hydrogens is 522 g/mol. The van der Waals surface area contributed by atoms with Crippen molar-refractivity contribution in [3.05, 3.63) is 59.5 Å². The Labute approximate surface area is 242 Å². The third-order valence-electron chi connectivity index (χ3n) is 6.66. The molecule has 1 aromatic carbocycles. The number of aliphatic imine (C=N–C) groups is 1. The van der Waals surface area contributed by atoms with Crippen molar-refractivity contribution in [3.8, 4) is 0 Å². The van der Waals surface area contributed by atoms with Gasteiger partial charge in [0.1, 0.15) is 0 Å². The topological polar surface area (TPSA) is 103 Å². The van der Waals surface area contributed by atoms with Crippen LogP contribution in [0.5, 0.6) is 0 Å². The number of anilines is 1. The van der Waals surface area contributed by atoms with Crippen LogP contribution in [0.15, 0.2) is 69.3 Å². The van der Waals surface area contributed by atoms with E-state index in [2.05, 4.69) is 48.6 Å². The van der Waals surface area contributed by atoms with E-state index in [1.54, 1.807) is 30.6 Å². The Kier molecular flexibility index (Phi) is 14.2. The number of carbonyl (C=O) groups excluding carboxylic acids is 1. The van der Waals surface area contributed by atoms with Crippen molar-refractivity contribution in [2.24, 2.45) is 16.8 Å².